The van der Waals surface area contributed by atoms with Gasteiger partial charge in [0.1, 0.15) is 75.7 Å². The van der Waals surface area contributed by atoms with Gasteiger partial charge in [0.2, 0.25) is 0 Å². The van der Waals surface area contributed by atoms with Gasteiger partial charge in [0.05, 0.1) is 153 Å². The highest BCUT2D eigenvalue weighted by Gasteiger charge is 2.39. The third-order valence-electron chi connectivity index (χ3n) is 18.3. The van der Waals surface area contributed by atoms with Crippen LogP contribution in [0.15, 0.2) is 94.7 Å². The molecule has 8 aliphatic rings. The fourth-order valence-electron chi connectivity index (χ4n) is 14.7. The van der Waals surface area contributed by atoms with E-state index in [0.717, 1.165) is 301 Å². The largest absolute Gasteiger partial charge is 0.867 e. The van der Waals surface area contributed by atoms with Gasteiger partial charge in [0, 0.05) is 107 Å². The van der Waals surface area contributed by atoms with Crippen molar-refractivity contribution in [2.45, 2.75) is 324 Å². The lowest BCUT2D eigenvalue weighted by Crippen LogP contribution is -2.39. The van der Waals surface area contributed by atoms with Gasteiger partial charge in [-0.1, -0.05) is 111 Å². The van der Waals surface area contributed by atoms with Crippen LogP contribution in [0.5, 0.6) is 0 Å². The Morgan fingerprint density at radius 2 is 0.273 bits per heavy atom. The molecule has 0 radical (unpaired) electrons. The summed E-state index contributed by atoms with van der Waals surface area (Å²) in [4.78, 5) is 0. The number of carbonyl (C=O) groups excluding carboxylic acids is 8. The SMILES string of the molecule is CCOC1=C/C(=[O+]/CC)CC(C)(C)C1.CCOC1=C/C(=[O+]/CC)CC(C)(C)C1.CCOC1=C/C(=[O+]/CC)CC(C)(C)C1.CCOC1=C/C(=[O+]/CC)CC(C)(C)C1.CCOC1=C/C(=[O+]/CC)CC(C)(C)C1.CCOC1=C/C(=[O+]/CC)CC(C)(C)C1.CCOC1=C/C(=[O+]/CC)CC(C)(C)C1.CCOC1=C/C(=[O+]/CC)CC(C)(C)C1.[O-]B([O-])F.[O-]B([O-])F.[O-]B([O-])F.[O-]B([O-])F. The van der Waals surface area contributed by atoms with Crippen LogP contribution in [0.2, 0.25) is 0 Å². The number of hydrogen-bond donors (Lipinski definition) is 0. The molecule has 0 unspecified atom stereocenters. The van der Waals surface area contributed by atoms with Crippen molar-refractivity contribution in [1.82, 2.24) is 0 Å². The fraction of sp³-hybridized carbons (Fsp3) is 0.750. The van der Waals surface area contributed by atoms with Gasteiger partial charge < -0.3 is 95.3 Å². The maximum atomic E-state index is 9.89. The molecular formula is C96H168B4F4O24. The summed E-state index contributed by atoms with van der Waals surface area (Å²) < 4.78 is 128. The molecule has 0 saturated heterocycles. The van der Waals surface area contributed by atoms with Gasteiger partial charge in [-0.15, -0.1) is 0 Å². The number of rotatable bonds is 24. The van der Waals surface area contributed by atoms with Crippen LogP contribution in [0.1, 0.15) is 324 Å². The van der Waals surface area contributed by atoms with Crippen LogP contribution in [-0.4, -0.2) is 182 Å². The van der Waals surface area contributed by atoms with Crippen LogP contribution < -0.4 is 40.2 Å². The van der Waals surface area contributed by atoms with Crippen molar-refractivity contribution in [3.8, 4) is 0 Å². The van der Waals surface area contributed by atoms with E-state index in [4.69, 9.17) is 113 Å². The first-order chi connectivity index (χ1) is 59.5. The Labute approximate surface area is 770 Å². The van der Waals surface area contributed by atoms with Crippen LogP contribution in [0.4, 0.5) is 17.3 Å². The molecule has 0 heterocycles. The molecule has 0 aliphatic heterocycles. The summed E-state index contributed by atoms with van der Waals surface area (Å²) in [5, 5.41) is 66.4. The van der Waals surface area contributed by atoms with Crippen LogP contribution in [-0.2, 0) is 73.3 Å². The average Bonchev–Trinajstić information content (AvgIpc) is 0.895. The third kappa shape index (κ3) is 71.1. The molecule has 0 aromatic rings. The van der Waals surface area contributed by atoms with Crippen molar-refractivity contribution in [1.29, 1.82) is 0 Å². The van der Waals surface area contributed by atoms with E-state index < -0.39 is 29.6 Å². The van der Waals surface area contributed by atoms with Gasteiger partial charge in [-0.3, -0.25) is 35.4 Å². The predicted octanol–water partition coefficient (Wildman–Crippen LogP) is 13.5. The average molecular weight is 1830 g/mol. The molecule has 8 aliphatic carbocycles. The Morgan fingerprint density at radius 3 is 0.336 bits per heavy atom. The fourth-order valence-corrected chi connectivity index (χ4v) is 14.7. The van der Waals surface area contributed by atoms with E-state index in [1.807, 2.05) is 111 Å². The van der Waals surface area contributed by atoms with Crippen molar-refractivity contribution >= 4 is 75.8 Å². The standard InChI is InChI=1S/8C12H21O2.4BFO2/c8*1-5-13-10-7-11(14-6-2)9-12(3,4)8-10;4*2-1(3)4/h8*7H,5-6,8-9H2,1-4H3;;;;/q8*+1;4*-2. The minimum Gasteiger partial charge on any atom is -0.867 e. The smallest absolute Gasteiger partial charge is 0.323 e. The summed E-state index contributed by atoms with van der Waals surface area (Å²) in [6.07, 6.45) is 32.6. The van der Waals surface area contributed by atoms with E-state index in [2.05, 4.69) is 159 Å². The Bertz CT molecular complexity index is 2890. The zero-order chi connectivity index (χ0) is 99.1. The first-order valence-corrected chi connectivity index (χ1v) is 45.9. The molecule has 32 heteroatoms. The van der Waals surface area contributed by atoms with E-state index in [-0.39, 0.29) is 43.3 Å². The predicted molar refractivity (Wildman–Crippen MR) is 494 cm³/mol. The minimum absolute atomic E-state index is 0.268. The van der Waals surface area contributed by atoms with Gasteiger partial charge >= 0.3 is 46.3 Å². The molecule has 0 bridgehead atoms. The van der Waals surface area contributed by atoms with Crippen LogP contribution in [0, 0.1) is 43.3 Å². The third-order valence-corrected chi connectivity index (χ3v) is 18.3. The monoisotopic (exact) mass is 1830 g/mol. The second kappa shape index (κ2) is 69.2. The van der Waals surface area contributed by atoms with Crippen LogP contribution in [0.25, 0.3) is 0 Å². The van der Waals surface area contributed by atoms with Gasteiger partial charge in [-0.25, -0.2) is 0 Å². The lowest BCUT2D eigenvalue weighted by atomic mass is 9.79. The lowest BCUT2D eigenvalue weighted by Gasteiger charge is -2.26. The first-order valence-electron chi connectivity index (χ1n) is 45.9. The van der Waals surface area contributed by atoms with Crippen molar-refractivity contribution in [3.63, 3.8) is 0 Å². The lowest BCUT2D eigenvalue weighted by molar-refractivity contribution is -0.453. The Morgan fingerprint density at radius 1 is 0.195 bits per heavy atom. The van der Waals surface area contributed by atoms with Crippen molar-refractivity contribution < 1.29 is 131 Å². The molecule has 8 rings (SSSR count). The molecule has 0 aromatic heterocycles. The van der Waals surface area contributed by atoms with Gasteiger partial charge in [0.25, 0.3) is 52.9 Å². The highest BCUT2D eigenvalue weighted by atomic mass is 19.1. The Kier molecular flexibility index (Phi) is 69.0. The van der Waals surface area contributed by atoms with E-state index in [0.29, 0.717) is 0 Å². The maximum absolute atomic E-state index is 9.89. The number of halogens is 4. The normalized spacial score (nSPS) is 21.3. The van der Waals surface area contributed by atoms with Crippen molar-refractivity contribution in [2.75, 3.05) is 106 Å². The van der Waals surface area contributed by atoms with Crippen molar-refractivity contribution in [2.24, 2.45) is 43.3 Å². The molecule has 0 N–H and O–H groups in total. The zero-order valence-corrected chi connectivity index (χ0v) is 84.9. The zero-order valence-electron chi connectivity index (χ0n) is 84.9. The minimum atomic E-state index is -3.17. The summed E-state index contributed by atoms with van der Waals surface area (Å²) in [6.45, 7) is 80.0. The summed E-state index contributed by atoms with van der Waals surface area (Å²) >= 11 is 0. The Balaban J connectivity index is -0.000000669. The molecule has 24 nitrogen and oxygen atoms in total. The topological polar surface area (TPSA) is 349 Å². The molecule has 0 saturated carbocycles. The molecular weight excluding hydrogens is 1660 g/mol. The number of ketones is 8. The van der Waals surface area contributed by atoms with Crippen LogP contribution in [0.3, 0.4) is 0 Å². The molecule has 0 aromatic carbocycles. The first kappa shape index (κ1) is 128. The van der Waals surface area contributed by atoms with Crippen molar-refractivity contribution in [3.05, 3.63) is 94.7 Å². The van der Waals surface area contributed by atoms with E-state index in [1.54, 1.807) is 0 Å². The quantitative estimate of drug-likeness (QED) is 0.0492. The highest BCUT2D eigenvalue weighted by molar-refractivity contribution is 6.27. The second-order valence-corrected chi connectivity index (χ2v) is 36.8. The van der Waals surface area contributed by atoms with E-state index in [9.17, 15) is 17.3 Å². The van der Waals surface area contributed by atoms with Crippen LogP contribution >= 0.6 is 0 Å². The van der Waals surface area contributed by atoms with E-state index in [1.165, 1.54) is 0 Å². The molecule has 0 fully saturated rings. The van der Waals surface area contributed by atoms with Gasteiger partial charge in [-0.2, -0.15) is 0 Å². The van der Waals surface area contributed by atoms with Gasteiger partial charge in [0.15, 0.2) is 0 Å². The summed E-state index contributed by atoms with van der Waals surface area (Å²) in [5.74, 6) is 17.0. The Hall–Kier alpha value is -6.66. The van der Waals surface area contributed by atoms with Gasteiger partial charge in [-0.05, 0) is 98.7 Å². The number of hydrogen-bond acceptors (Lipinski definition) is 16. The molecule has 128 heavy (non-hydrogen) atoms. The molecule has 0 atom stereocenters. The number of ether oxygens (including phenoxy) is 8. The second-order valence-electron chi connectivity index (χ2n) is 36.8. The molecule has 0 spiro atoms. The summed E-state index contributed by atoms with van der Waals surface area (Å²) in [5.41, 5.74) is 2.14. The number of allylic oxidation sites excluding steroid dienone is 16. The maximum Gasteiger partial charge on any atom is 0.323 e. The highest BCUT2D eigenvalue weighted by Crippen LogP contribution is 2.41. The summed E-state index contributed by atoms with van der Waals surface area (Å²) in [7, 11) is -12.7. The molecule has 736 valence electrons. The van der Waals surface area contributed by atoms with E-state index >= 15 is 0 Å². The summed E-state index contributed by atoms with van der Waals surface area (Å²) in [6, 6.07) is 0. The molecule has 0 amide bonds.